The molecule has 1 aromatic carbocycles. The van der Waals surface area contributed by atoms with Crippen molar-refractivity contribution >= 4 is 17.7 Å². The molecule has 0 atom stereocenters. The highest BCUT2D eigenvalue weighted by molar-refractivity contribution is 8.02. The third-order valence-electron chi connectivity index (χ3n) is 1.67. The summed E-state index contributed by atoms with van der Waals surface area (Å²) in [5.74, 6) is -0.576. The Morgan fingerprint density at radius 2 is 2.19 bits per heavy atom. The van der Waals surface area contributed by atoms with Gasteiger partial charge in [0.25, 0.3) is 0 Å². The summed E-state index contributed by atoms with van der Waals surface area (Å²) in [6.45, 7) is 1.98. The average molecular weight is 233 g/mol. The molecule has 0 saturated carbocycles. The third kappa shape index (κ3) is 3.79. The Balaban J connectivity index is 2.68. The van der Waals surface area contributed by atoms with E-state index in [4.69, 9.17) is 10.00 Å². The van der Waals surface area contributed by atoms with Gasteiger partial charge in [0.05, 0.1) is 6.61 Å². The summed E-state index contributed by atoms with van der Waals surface area (Å²) in [5.41, 5.74) is 0.0238. The summed E-state index contributed by atoms with van der Waals surface area (Å²) in [5, 5.41) is 10.3. The lowest BCUT2D eigenvalue weighted by atomic mass is 10.3. The molecule has 0 aliphatic carbocycles. The van der Waals surface area contributed by atoms with Gasteiger partial charge in [0, 0.05) is 10.3 Å². The van der Waals surface area contributed by atoms with Gasteiger partial charge in [0.1, 0.15) is 11.6 Å². The molecule has 0 aliphatic rings. The lowest BCUT2D eigenvalue weighted by molar-refractivity contribution is -0.137. The van der Waals surface area contributed by atoms with Crippen LogP contribution >= 0.6 is 11.8 Å². The molecule has 0 fully saturated rings. The Morgan fingerprint density at radius 1 is 1.50 bits per heavy atom. The molecule has 16 heavy (non-hydrogen) atoms. The predicted octanol–water partition coefficient (Wildman–Crippen LogP) is 2.75. The van der Waals surface area contributed by atoms with Gasteiger partial charge in [-0.2, -0.15) is 5.26 Å². The minimum absolute atomic E-state index is 0.0238. The van der Waals surface area contributed by atoms with Gasteiger partial charge >= 0.3 is 5.97 Å². The van der Waals surface area contributed by atoms with Crippen molar-refractivity contribution in [2.75, 3.05) is 6.61 Å². The van der Waals surface area contributed by atoms with Gasteiger partial charge in [0.15, 0.2) is 0 Å². The zero-order valence-corrected chi connectivity index (χ0v) is 9.66. The van der Waals surface area contributed by atoms with Crippen LogP contribution in [0.5, 0.6) is 0 Å². The van der Waals surface area contributed by atoms with Crippen LogP contribution in [0.1, 0.15) is 6.92 Å². The van der Waals surface area contributed by atoms with E-state index in [2.05, 4.69) is 0 Å². The summed E-state index contributed by atoms with van der Waals surface area (Å²) in [6, 6.07) is 11.3. The summed E-state index contributed by atoms with van der Waals surface area (Å²) >= 11 is 1.32. The van der Waals surface area contributed by atoms with Crippen LogP contribution in [0, 0.1) is 11.3 Å². The quantitative estimate of drug-likeness (QED) is 0.347. The number of thioether (sulfide) groups is 1. The second-order valence-electron chi connectivity index (χ2n) is 2.79. The first-order valence-corrected chi connectivity index (χ1v) is 5.65. The van der Waals surface area contributed by atoms with Gasteiger partial charge in [-0.3, -0.25) is 0 Å². The summed E-state index contributed by atoms with van der Waals surface area (Å²) in [6.07, 6.45) is 0. The second-order valence-corrected chi connectivity index (χ2v) is 3.74. The molecule has 0 saturated heterocycles. The van der Waals surface area contributed by atoms with Crippen LogP contribution in [0.2, 0.25) is 0 Å². The van der Waals surface area contributed by atoms with Gasteiger partial charge in [-0.25, -0.2) is 4.79 Å². The maximum absolute atomic E-state index is 11.3. The molecule has 4 heteroatoms. The first-order chi connectivity index (χ1) is 7.77. The van der Waals surface area contributed by atoms with Crippen molar-refractivity contribution in [2.45, 2.75) is 11.8 Å². The van der Waals surface area contributed by atoms with Crippen molar-refractivity contribution in [3.05, 3.63) is 41.3 Å². The monoisotopic (exact) mass is 233 g/mol. The molecule has 0 amide bonds. The molecule has 0 spiro atoms. The zero-order chi connectivity index (χ0) is 11.8. The lowest BCUT2D eigenvalue weighted by Gasteiger charge is -1.99. The van der Waals surface area contributed by atoms with E-state index in [1.807, 2.05) is 36.4 Å². The number of ether oxygens (including phenoxy) is 1. The van der Waals surface area contributed by atoms with E-state index in [1.165, 1.54) is 17.2 Å². The number of esters is 1. The molecule has 0 bridgehead atoms. The van der Waals surface area contributed by atoms with Crippen LogP contribution in [0.15, 0.2) is 46.2 Å². The highest BCUT2D eigenvalue weighted by Crippen LogP contribution is 2.20. The molecule has 1 rings (SSSR count). The van der Waals surface area contributed by atoms with Gasteiger partial charge in [0.2, 0.25) is 0 Å². The molecule has 82 valence electrons. The molecule has 1 aromatic rings. The van der Waals surface area contributed by atoms with E-state index in [9.17, 15) is 4.79 Å². The van der Waals surface area contributed by atoms with E-state index in [-0.39, 0.29) is 12.2 Å². The maximum atomic E-state index is 11.3. The van der Waals surface area contributed by atoms with E-state index < -0.39 is 5.97 Å². The van der Waals surface area contributed by atoms with Crippen molar-refractivity contribution in [2.24, 2.45) is 0 Å². The van der Waals surface area contributed by atoms with Gasteiger partial charge in [-0.1, -0.05) is 30.0 Å². The summed E-state index contributed by atoms with van der Waals surface area (Å²) in [7, 11) is 0. The third-order valence-corrected chi connectivity index (χ3v) is 2.57. The van der Waals surface area contributed by atoms with Crippen molar-refractivity contribution < 1.29 is 9.53 Å². The Bertz CT molecular complexity index is 420. The van der Waals surface area contributed by atoms with Crippen LogP contribution in [-0.4, -0.2) is 12.6 Å². The predicted molar refractivity (Wildman–Crippen MR) is 62.6 cm³/mol. The molecule has 3 nitrogen and oxygen atoms in total. The number of hydrogen-bond donors (Lipinski definition) is 0. The van der Waals surface area contributed by atoms with Crippen LogP contribution in [0.3, 0.4) is 0 Å². The minimum Gasteiger partial charge on any atom is -0.462 e. The number of nitriles is 1. The second kappa shape index (κ2) is 6.70. The molecular formula is C12H11NO2S. The van der Waals surface area contributed by atoms with E-state index >= 15 is 0 Å². The number of rotatable bonds is 4. The van der Waals surface area contributed by atoms with Crippen LogP contribution in [0.4, 0.5) is 0 Å². The molecular weight excluding hydrogens is 222 g/mol. The molecule has 0 N–H and O–H groups in total. The number of carbonyl (C=O) groups excluding carboxylic acids is 1. The fourth-order valence-electron chi connectivity index (χ4n) is 0.955. The zero-order valence-electron chi connectivity index (χ0n) is 8.84. The lowest BCUT2D eigenvalue weighted by Crippen LogP contribution is -2.05. The molecule has 0 unspecified atom stereocenters. The highest BCUT2D eigenvalue weighted by atomic mass is 32.2. The Morgan fingerprint density at radius 3 is 2.75 bits per heavy atom. The van der Waals surface area contributed by atoms with Crippen LogP contribution in [-0.2, 0) is 9.53 Å². The fourth-order valence-corrected chi connectivity index (χ4v) is 1.67. The normalized spacial score (nSPS) is 10.6. The molecule has 0 aliphatic heterocycles. The Labute approximate surface area is 98.7 Å². The maximum Gasteiger partial charge on any atom is 0.349 e. The molecule has 0 aromatic heterocycles. The van der Waals surface area contributed by atoms with E-state index in [0.29, 0.717) is 0 Å². The first kappa shape index (κ1) is 12.3. The summed E-state index contributed by atoms with van der Waals surface area (Å²) < 4.78 is 4.74. The van der Waals surface area contributed by atoms with Crippen molar-refractivity contribution in [3.63, 3.8) is 0 Å². The molecule has 0 radical (unpaired) electrons. The van der Waals surface area contributed by atoms with Crippen molar-refractivity contribution in [1.82, 2.24) is 0 Å². The number of benzene rings is 1. The molecule has 0 heterocycles. The fraction of sp³-hybridized carbons (Fsp3) is 0.167. The number of carbonyl (C=O) groups is 1. The highest BCUT2D eigenvalue weighted by Gasteiger charge is 2.08. The van der Waals surface area contributed by atoms with Crippen molar-refractivity contribution in [3.8, 4) is 6.07 Å². The SMILES string of the molecule is CCOC(=O)/C(C#N)=C\Sc1ccccc1. The van der Waals surface area contributed by atoms with Gasteiger partial charge < -0.3 is 4.74 Å². The standard InChI is InChI=1S/C12H11NO2S/c1-2-15-12(14)10(8-13)9-16-11-6-4-3-5-7-11/h3-7,9H,2H2,1H3/b10-9-. The topological polar surface area (TPSA) is 50.1 Å². The minimum atomic E-state index is -0.576. The number of hydrogen-bond acceptors (Lipinski definition) is 4. The first-order valence-electron chi connectivity index (χ1n) is 4.77. The largest absolute Gasteiger partial charge is 0.462 e. The van der Waals surface area contributed by atoms with Gasteiger partial charge in [-0.15, -0.1) is 0 Å². The number of nitrogens with zero attached hydrogens (tertiary/aromatic N) is 1. The summed E-state index contributed by atoms with van der Waals surface area (Å²) in [4.78, 5) is 12.2. The van der Waals surface area contributed by atoms with Crippen LogP contribution < -0.4 is 0 Å². The van der Waals surface area contributed by atoms with Crippen molar-refractivity contribution in [1.29, 1.82) is 5.26 Å². The average Bonchev–Trinajstić information content (AvgIpc) is 2.31. The Hall–Kier alpha value is -1.73. The van der Waals surface area contributed by atoms with E-state index in [1.54, 1.807) is 6.92 Å². The smallest absolute Gasteiger partial charge is 0.349 e. The Kier molecular flexibility index (Phi) is 5.17. The van der Waals surface area contributed by atoms with Crippen LogP contribution in [0.25, 0.3) is 0 Å². The van der Waals surface area contributed by atoms with Gasteiger partial charge in [-0.05, 0) is 19.1 Å². The van der Waals surface area contributed by atoms with E-state index in [0.717, 1.165) is 4.90 Å².